The van der Waals surface area contributed by atoms with E-state index in [0.717, 1.165) is 11.1 Å². The highest BCUT2D eigenvalue weighted by atomic mass is 32.2. The second-order valence-corrected chi connectivity index (χ2v) is 10.4. The Bertz CT molecular complexity index is 1050. The summed E-state index contributed by atoms with van der Waals surface area (Å²) in [6, 6.07) is 12.3. The lowest BCUT2D eigenvalue weighted by molar-refractivity contribution is -0.308. The summed E-state index contributed by atoms with van der Waals surface area (Å²) in [5, 5.41) is 15.3. The van der Waals surface area contributed by atoms with Gasteiger partial charge in [-0.15, -0.1) is 11.8 Å². The third-order valence-corrected chi connectivity index (χ3v) is 6.75. The lowest BCUT2D eigenvalue weighted by atomic mass is 9.74. The van der Waals surface area contributed by atoms with Gasteiger partial charge < -0.3 is 24.7 Å². The van der Waals surface area contributed by atoms with Gasteiger partial charge in [-0.05, 0) is 43.5 Å². The number of hydrogen-bond donors (Lipinski definition) is 1. The van der Waals surface area contributed by atoms with E-state index in [1.54, 1.807) is 28.1 Å². The topological polar surface area (TPSA) is 87.7 Å². The first kappa shape index (κ1) is 24.7. The summed E-state index contributed by atoms with van der Waals surface area (Å²) in [6.45, 7) is 7.60. The molecule has 0 fully saturated rings. The van der Waals surface area contributed by atoms with Gasteiger partial charge in [0.1, 0.15) is 11.5 Å². The van der Waals surface area contributed by atoms with Crippen LogP contribution < -0.4 is 19.9 Å². The molecule has 7 heteroatoms. The van der Waals surface area contributed by atoms with Gasteiger partial charge in [-0.2, -0.15) is 0 Å². The number of methoxy groups -OCH3 is 2. The minimum atomic E-state index is -1.24. The fourth-order valence-electron chi connectivity index (χ4n) is 3.90. The molecule has 33 heavy (non-hydrogen) atoms. The van der Waals surface area contributed by atoms with Crippen LogP contribution in [-0.2, 0) is 16.0 Å². The Hall–Kier alpha value is -2.93. The van der Waals surface area contributed by atoms with Crippen LogP contribution in [0.4, 0.5) is 0 Å². The molecule has 0 radical (unpaired) electrons. The van der Waals surface area contributed by atoms with E-state index in [1.807, 2.05) is 56.3 Å². The van der Waals surface area contributed by atoms with Crippen molar-refractivity contribution in [3.8, 4) is 22.6 Å². The van der Waals surface area contributed by atoms with Crippen molar-refractivity contribution in [1.29, 1.82) is 0 Å². The molecule has 0 amide bonds. The number of benzene rings is 2. The molecule has 2 aromatic carbocycles. The maximum Gasteiger partial charge on any atom is 0.182 e. The van der Waals surface area contributed by atoms with Crippen LogP contribution in [0.25, 0.3) is 11.1 Å². The van der Waals surface area contributed by atoms with E-state index in [4.69, 9.17) is 9.47 Å². The van der Waals surface area contributed by atoms with Crippen molar-refractivity contribution in [2.24, 2.45) is 5.41 Å². The molecule has 2 aromatic rings. The van der Waals surface area contributed by atoms with Crippen LogP contribution in [0, 0.1) is 5.41 Å². The molecule has 0 heterocycles. The maximum absolute atomic E-state index is 12.6. The third-order valence-electron chi connectivity index (χ3n) is 5.65. The fourth-order valence-corrected chi connectivity index (χ4v) is 5.17. The second kappa shape index (κ2) is 9.91. The SMILES string of the molecule is COc1cc(CC(NC2=C(SC(C)C)C(=O)C2(C)C)C(=O)[O-])cc(OC)c1-c1ccccc1. The number of allylic oxidation sites excluding steroid dienone is 2. The molecule has 1 aliphatic carbocycles. The number of Topliss-reactive ketones (excluding diaryl/α,β-unsaturated/α-hetero) is 1. The van der Waals surface area contributed by atoms with E-state index >= 15 is 0 Å². The number of rotatable bonds is 10. The summed E-state index contributed by atoms with van der Waals surface area (Å²) < 4.78 is 11.3. The number of aliphatic carboxylic acids is 1. The van der Waals surface area contributed by atoms with E-state index in [0.29, 0.717) is 27.7 Å². The van der Waals surface area contributed by atoms with Crippen molar-refractivity contribution in [2.75, 3.05) is 14.2 Å². The van der Waals surface area contributed by atoms with E-state index in [1.165, 1.54) is 11.8 Å². The summed E-state index contributed by atoms with van der Waals surface area (Å²) >= 11 is 1.45. The summed E-state index contributed by atoms with van der Waals surface area (Å²) in [5.74, 6) is -0.0444. The molecule has 1 atom stereocenters. The first-order valence-electron chi connectivity index (χ1n) is 10.8. The number of carbonyl (C=O) groups excluding carboxylic acids is 2. The fraction of sp³-hybridized carbons (Fsp3) is 0.385. The molecule has 1 N–H and O–H groups in total. The largest absolute Gasteiger partial charge is 0.548 e. The highest BCUT2D eigenvalue weighted by Crippen LogP contribution is 2.47. The predicted molar refractivity (Wildman–Crippen MR) is 129 cm³/mol. The molecule has 1 aliphatic rings. The smallest absolute Gasteiger partial charge is 0.182 e. The summed E-state index contributed by atoms with van der Waals surface area (Å²) in [6.07, 6.45) is 0.136. The Balaban J connectivity index is 1.95. The molecule has 176 valence electrons. The number of thioether (sulfide) groups is 1. The van der Waals surface area contributed by atoms with Crippen molar-refractivity contribution in [3.05, 3.63) is 58.6 Å². The molecule has 0 spiro atoms. The second-order valence-electron chi connectivity index (χ2n) is 8.79. The van der Waals surface area contributed by atoms with Crippen molar-refractivity contribution >= 4 is 23.5 Å². The maximum atomic E-state index is 12.6. The van der Waals surface area contributed by atoms with Gasteiger partial charge in [-0.25, -0.2) is 0 Å². The zero-order valence-corrected chi connectivity index (χ0v) is 20.7. The summed E-state index contributed by atoms with van der Waals surface area (Å²) in [5.41, 5.74) is 2.35. The van der Waals surface area contributed by atoms with E-state index < -0.39 is 17.4 Å². The third kappa shape index (κ3) is 5.03. The van der Waals surface area contributed by atoms with Crippen LogP contribution >= 0.6 is 11.8 Å². The van der Waals surface area contributed by atoms with Crippen molar-refractivity contribution in [3.63, 3.8) is 0 Å². The van der Waals surface area contributed by atoms with Crippen molar-refractivity contribution in [2.45, 2.75) is 45.4 Å². The highest BCUT2D eigenvalue weighted by Gasteiger charge is 2.47. The van der Waals surface area contributed by atoms with Gasteiger partial charge in [0.05, 0.1) is 42.1 Å². The first-order valence-corrected chi connectivity index (χ1v) is 11.7. The molecule has 0 saturated carbocycles. The molecule has 3 rings (SSSR count). The first-order chi connectivity index (χ1) is 15.6. The van der Waals surface area contributed by atoms with E-state index in [2.05, 4.69) is 5.32 Å². The predicted octanol–water partition coefficient (Wildman–Crippen LogP) is 3.58. The number of nitrogens with one attached hydrogen (secondary N) is 1. The Morgan fingerprint density at radius 3 is 2.15 bits per heavy atom. The summed E-state index contributed by atoms with van der Waals surface area (Å²) in [7, 11) is 3.14. The number of carboxylic acids is 1. The van der Waals surface area contributed by atoms with E-state index in [9.17, 15) is 14.7 Å². The van der Waals surface area contributed by atoms with Crippen LogP contribution in [0.15, 0.2) is 53.1 Å². The minimum Gasteiger partial charge on any atom is -0.548 e. The van der Waals surface area contributed by atoms with Crippen LogP contribution in [-0.4, -0.2) is 37.3 Å². The van der Waals surface area contributed by atoms with Gasteiger partial charge in [0, 0.05) is 10.9 Å². The molecule has 1 unspecified atom stereocenters. The van der Waals surface area contributed by atoms with Gasteiger partial charge >= 0.3 is 0 Å². The van der Waals surface area contributed by atoms with Gasteiger partial charge in [0.15, 0.2) is 5.78 Å². The van der Waals surface area contributed by atoms with Crippen LogP contribution in [0.1, 0.15) is 33.3 Å². The number of hydrogen-bond acceptors (Lipinski definition) is 7. The number of carboxylic acid groups (broad SMARTS) is 1. The molecule has 0 aliphatic heterocycles. The Morgan fingerprint density at radius 1 is 1.09 bits per heavy atom. The normalized spacial score (nSPS) is 15.8. The Kier molecular flexibility index (Phi) is 7.42. The molecule has 0 aromatic heterocycles. The molecular formula is C26H30NO5S-. The highest BCUT2D eigenvalue weighted by molar-refractivity contribution is 8.04. The summed E-state index contributed by atoms with van der Waals surface area (Å²) in [4.78, 5) is 25.2. The van der Waals surface area contributed by atoms with Gasteiger partial charge in [-0.3, -0.25) is 4.79 Å². The molecular weight excluding hydrogens is 438 g/mol. The zero-order valence-electron chi connectivity index (χ0n) is 19.9. The molecule has 6 nitrogen and oxygen atoms in total. The Morgan fingerprint density at radius 2 is 1.67 bits per heavy atom. The quantitative estimate of drug-likeness (QED) is 0.570. The molecule has 0 bridgehead atoms. The average Bonchev–Trinajstić information content (AvgIpc) is 2.79. The molecule has 0 saturated heterocycles. The van der Waals surface area contributed by atoms with Gasteiger partial charge in [0.25, 0.3) is 0 Å². The van der Waals surface area contributed by atoms with E-state index in [-0.39, 0.29) is 17.5 Å². The lowest BCUT2D eigenvalue weighted by Crippen LogP contribution is -2.53. The van der Waals surface area contributed by atoms with Crippen LogP contribution in [0.2, 0.25) is 0 Å². The van der Waals surface area contributed by atoms with Crippen molar-refractivity contribution < 1.29 is 24.2 Å². The number of ether oxygens (including phenoxy) is 2. The number of carbonyl (C=O) groups is 2. The monoisotopic (exact) mass is 468 g/mol. The van der Waals surface area contributed by atoms with Gasteiger partial charge in [-0.1, -0.05) is 44.2 Å². The van der Waals surface area contributed by atoms with Gasteiger partial charge in [0.2, 0.25) is 0 Å². The number of ketones is 1. The Labute approximate surface area is 199 Å². The lowest BCUT2D eigenvalue weighted by Gasteiger charge is -2.41. The zero-order chi connectivity index (χ0) is 24.3. The van der Waals surface area contributed by atoms with Crippen LogP contribution in [0.5, 0.6) is 11.5 Å². The average molecular weight is 469 g/mol. The van der Waals surface area contributed by atoms with Crippen molar-refractivity contribution in [1.82, 2.24) is 5.32 Å². The van der Waals surface area contributed by atoms with Crippen LogP contribution in [0.3, 0.4) is 0 Å². The standard InChI is InChI=1S/C26H31NO5S/c1-15(2)33-22-23(26(3,4)24(22)28)27-18(25(29)30)12-16-13-19(31-5)21(20(14-16)32-6)17-10-8-7-9-11-17/h7-11,13-15,18,27H,12H2,1-6H3,(H,29,30)/p-1. The minimum absolute atomic E-state index is 0.0244.